The number of anilines is 1. The molecule has 0 spiro atoms. The van der Waals surface area contributed by atoms with E-state index in [1.807, 2.05) is 7.05 Å². The minimum absolute atomic E-state index is 0.162. The van der Waals surface area contributed by atoms with Gasteiger partial charge in [0.25, 0.3) is 5.56 Å². The molecule has 6 nitrogen and oxygen atoms in total. The summed E-state index contributed by atoms with van der Waals surface area (Å²) in [6.45, 7) is 2.82. The molecule has 0 radical (unpaired) electrons. The van der Waals surface area contributed by atoms with E-state index in [0.717, 1.165) is 13.1 Å². The number of ether oxygens (including phenoxy) is 1. The Hall–Kier alpha value is -0.920. The van der Waals surface area contributed by atoms with Crippen molar-refractivity contribution in [2.45, 2.75) is 6.04 Å². The molecule has 2 rings (SSSR count). The first-order valence-corrected chi connectivity index (χ1v) is 6.25. The van der Waals surface area contributed by atoms with Crippen LogP contribution in [0.15, 0.2) is 15.6 Å². The van der Waals surface area contributed by atoms with Crippen LogP contribution in [0.25, 0.3) is 0 Å². The van der Waals surface area contributed by atoms with Crippen LogP contribution in [0.3, 0.4) is 0 Å². The molecule has 1 aliphatic rings. The fourth-order valence-corrected chi connectivity index (χ4v) is 2.36. The number of nitrogens with one attached hydrogen (secondary N) is 2. The van der Waals surface area contributed by atoms with E-state index in [9.17, 15) is 4.79 Å². The maximum Gasteiger partial charge on any atom is 0.267 e. The zero-order valence-electron chi connectivity index (χ0n) is 9.57. The van der Waals surface area contributed by atoms with Gasteiger partial charge in [-0.05, 0) is 23.0 Å². The van der Waals surface area contributed by atoms with Crippen LogP contribution in [0.1, 0.15) is 0 Å². The van der Waals surface area contributed by atoms with Crippen molar-refractivity contribution < 1.29 is 4.74 Å². The van der Waals surface area contributed by atoms with E-state index in [-0.39, 0.29) is 11.6 Å². The highest BCUT2D eigenvalue weighted by molar-refractivity contribution is 9.10. The summed E-state index contributed by atoms with van der Waals surface area (Å²) in [6, 6.07) is 0.194. The second kappa shape index (κ2) is 5.61. The van der Waals surface area contributed by atoms with Gasteiger partial charge in [-0.25, -0.2) is 4.98 Å². The average molecular weight is 303 g/mol. The number of halogens is 1. The number of rotatable bonds is 3. The molecular formula is C10H15BrN4O2. The number of aromatic nitrogens is 2. The molecule has 0 aromatic carbocycles. The molecule has 17 heavy (non-hydrogen) atoms. The second-order valence-electron chi connectivity index (χ2n) is 3.85. The minimum Gasteiger partial charge on any atom is -0.377 e. The summed E-state index contributed by atoms with van der Waals surface area (Å²) >= 11 is 3.29. The van der Waals surface area contributed by atoms with Gasteiger partial charge in [-0.15, -0.1) is 0 Å². The third-order valence-corrected chi connectivity index (χ3v) is 3.43. The number of likely N-dealkylation sites (N-methyl/N-ethyl adjacent to an activating group) is 1. The van der Waals surface area contributed by atoms with Crippen LogP contribution in [-0.2, 0) is 4.74 Å². The van der Waals surface area contributed by atoms with E-state index in [2.05, 4.69) is 36.1 Å². The fraction of sp³-hybridized carbons (Fsp3) is 0.600. The lowest BCUT2D eigenvalue weighted by molar-refractivity contribution is 0.0938. The van der Waals surface area contributed by atoms with Crippen molar-refractivity contribution in [3.63, 3.8) is 0 Å². The monoisotopic (exact) mass is 302 g/mol. The van der Waals surface area contributed by atoms with Crippen LogP contribution in [0, 0.1) is 0 Å². The summed E-state index contributed by atoms with van der Waals surface area (Å²) in [5, 5.41) is 3.12. The lowest BCUT2D eigenvalue weighted by Gasteiger charge is -2.36. The quantitative estimate of drug-likeness (QED) is 0.820. The number of hydrogen-bond acceptors (Lipinski definition) is 5. The van der Waals surface area contributed by atoms with E-state index in [0.29, 0.717) is 23.5 Å². The van der Waals surface area contributed by atoms with Gasteiger partial charge in [0.15, 0.2) is 5.82 Å². The summed E-state index contributed by atoms with van der Waals surface area (Å²) in [7, 11) is 1.90. The highest BCUT2D eigenvalue weighted by Crippen LogP contribution is 2.22. The summed E-state index contributed by atoms with van der Waals surface area (Å²) in [4.78, 5) is 20.4. The van der Waals surface area contributed by atoms with Gasteiger partial charge in [0.05, 0.1) is 25.6 Å². The zero-order valence-corrected chi connectivity index (χ0v) is 11.2. The summed E-state index contributed by atoms with van der Waals surface area (Å²) in [6.07, 6.45) is 1.42. The van der Waals surface area contributed by atoms with Gasteiger partial charge >= 0.3 is 0 Å². The van der Waals surface area contributed by atoms with Gasteiger partial charge < -0.3 is 19.9 Å². The van der Waals surface area contributed by atoms with Crippen LogP contribution in [0.5, 0.6) is 0 Å². The van der Waals surface area contributed by atoms with Gasteiger partial charge in [-0.2, -0.15) is 0 Å². The Labute approximate surface area is 108 Å². The lowest BCUT2D eigenvalue weighted by Crippen LogP contribution is -2.50. The average Bonchev–Trinajstić information content (AvgIpc) is 2.34. The zero-order chi connectivity index (χ0) is 12.3. The van der Waals surface area contributed by atoms with Gasteiger partial charge in [0, 0.05) is 13.1 Å². The molecule has 1 atom stereocenters. The van der Waals surface area contributed by atoms with E-state index >= 15 is 0 Å². The maximum absolute atomic E-state index is 11.5. The van der Waals surface area contributed by atoms with Crippen LogP contribution < -0.4 is 15.8 Å². The topological polar surface area (TPSA) is 70.2 Å². The molecule has 2 heterocycles. The van der Waals surface area contributed by atoms with Crippen molar-refractivity contribution in [3.8, 4) is 0 Å². The molecule has 0 saturated carbocycles. The Morgan fingerprint density at radius 3 is 3.35 bits per heavy atom. The highest BCUT2D eigenvalue weighted by atomic mass is 79.9. The highest BCUT2D eigenvalue weighted by Gasteiger charge is 2.25. The third kappa shape index (κ3) is 2.67. The lowest BCUT2D eigenvalue weighted by atomic mass is 10.2. The molecule has 0 amide bonds. The second-order valence-corrected chi connectivity index (χ2v) is 4.64. The predicted octanol–water partition coefficient (Wildman–Crippen LogP) is -0.0430. The Bertz CT molecular complexity index is 435. The normalized spacial score (nSPS) is 20.6. The van der Waals surface area contributed by atoms with E-state index < -0.39 is 0 Å². The molecule has 2 N–H and O–H groups in total. The smallest absolute Gasteiger partial charge is 0.267 e. The first-order chi connectivity index (χ1) is 8.24. The van der Waals surface area contributed by atoms with Crippen molar-refractivity contribution in [2.24, 2.45) is 0 Å². The molecule has 1 unspecified atom stereocenters. The maximum atomic E-state index is 11.5. The van der Waals surface area contributed by atoms with Crippen molar-refractivity contribution >= 4 is 21.7 Å². The van der Waals surface area contributed by atoms with Crippen molar-refractivity contribution in [2.75, 3.05) is 38.3 Å². The number of aromatic amines is 1. The summed E-state index contributed by atoms with van der Waals surface area (Å²) in [5.41, 5.74) is -0.162. The van der Waals surface area contributed by atoms with E-state index in [1.165, 1.54) is 6.33 Å². The molecule has 0 bridgehead atoms. The first-order valence-electron chi connectivity index (χ1n) is 5.46. The fourth-order valence-electron chi connectivity index (χ4n) is 1.91. The molecule has 1 aromatic rings. The molecule has 1 aromatic heterocycles. The third-order valence-electron chi connectivity index (χ3n) is 2.72. The predicted molar refractivity (Wildman–Crippen MR) is 68.4 cm³/mol. The van der Waals surface area contributed by atoms with E-state index in [1.54, 1.807) is 0 Å². The van der Waals surface area contributed by atoms with Gasteiger partial charge in [-0.1, -0.05) is 0 Å². The number of H-pyrrole nitrogens is 1. The number of hydrogen-bond donors (Lipinski definition) is 2. The Balaban J connectivity index is 2.29. The molecule has 1 saturated heterocycles. The summed E-state index contributed by atoms with van der Waals surface area (Å²) < 4.78 is 5.92. The largest absolute Gasteiger partial charge is 0.377 e. The van der Waals surface area contributed by atoms with Crippen LogP contribution in [0.4, 0.5) is 5.82 Å². The van der Waals surface area contributed by atoms with Crippen molar-refractivity contribution in [1.82, 2.24) is 15.3 Å². The first kappa shape index (κ1) is 12.5. The van der Waals surface area contributed by atoms with Crippen LogP contribution in [-0.4, -0.2) is 49.4 Å². The number of nitrogens with zero attached hydrogens (tertiary/aromatic N) is 2. The molecular weight excluding hydrogens is 288 g/mol. The molecule has 1 aliphatic heterocycles. The molecule has 94 valence electrons. The van der Waals surface area contributed by atoms with E-state index in [4.69, 9.17) is 4.74 Å². The molecule has 7 heteroatoms. The molecule has 1 fully saturated rings. The minimum atomic E-state index is -0.162. The van der Waals surface area contributed by atoms with Crippen molar-refractivity contribution in [1.29, 1.82) is 0 Å². The van der Waals surface area contributed by atoms with Crippen LogP contribution in [0.2, 0.25) is 0 Å². The Morgan fingerprint density at radius 2 is 2.59 bits per heavy atom. The number of morpholine rings is 1. The summed E-state index contributed by atoms with van der Waals surface area (Å²) in [5.74, 6) is 0.678. The van der Waals surface area contributed by atoms with Gasteiger partial charge in [0.1, 0.15) is 4.47 Å². The van der Waals surface area contributed by atoms with Crippen LogP contribution >= 0.6 is 15.9 Å². The standard InChI is InChI=1S/C10H15BrN4O2/c1-12-4-7-5-17-3-2-15(7)9-8(11)10(16)14-6-13-9/h6-7,12H,2-5H2,1H3,(H,13,14,16). The SMILES string of the molecule is CNCC1COCCN1c1nc[nH]c(=O)c1Br. The van der Waals surface area contributed by atoms with Crippen molar-refractivity contribution in [3.05, 3.63) is 21.2 Å². The van der Waals surface area contributed by atoms with Gasteiger partial charge in [0.2, 0.25) is 0 Å². The Morgan fingerprint density at radius 1 is 1.76 bits per heavy atom. The molecule has 0 aliphatic carbocycles. The Kier molecular flexibility index (Phi) is 4.14. The van der Waals surface area contributed by atoms with Gasteiger partial charge in [-0.3, -0.25) is 4.79 Å².